The summed E-state index contributed by atoms with van der Waals surface area (Å²) in [4.78, 5) is 34.5. The fourth-order valence-electron chi connectivity index (χ4n) is 2.28. The normalized spacial score (nSPS) is 10.5. The summed E-state index contributed by atoms with van der Waals surface area (Å²) in [6.07, 6.45) is 5.47. The maximum Gasteiger partial charge on any atom is 0.274 e. The molecule has 0 fully saturated rings. The summed E-state index contributed by atoms with van der Waals surface area (Å²) in [6.45, 7) is 3.46. The van der Waals surface area contributed by atoms with Crippen molar-refractivity contribution in [2.24, 2.45) is 0 Å². The molecule has 2 rings (SSSR count). The van der Waals surface area contributed by atoms with Crippen molar-refractivity contribution in [3.8, 4) is 0 Å². The van der Waals surface area contributed by atoms with Gasteiger partial charge in [-0.25, -0.2) is 4.98 Å². The average molecular weight is 360 g/mol. The van der Waals surface area contributed by atoms with E-state index in [9.17, 15) is 9.59 Å². The lowest BCUT2D eigenvalue weighted by atomic mass is 10.2. The summed E-state index contributed by atoms with van der Waals surface area (Å²) < 4.78 is 10.3. The molecule has 0 bridgehead atoms. The Morgan fingerprint density at radius 2 is 2.15 bits per heavy atom. The molecular formula is C18H24N4O4. The highest BCUT2D eigenvalue weighted by Gasteiger charge is 2.20. The standard InChI is InChI=1S/C18H24N4O4/c1-14-11-21-16(12-20-14)18(24)22(13-15-5-3-10-26-15)8-6-17(23)19-7-4-9-25-2/h3,5,10-12H,4,6-9,13H2,1-2H3,(H,19,23). The van der Waals surface area contributed by atoms with E-state index in [2.05, 4.69) is 15.3 Å². The highest BCUT2D eigenvalue weighted by atomic mass is 16.5. The number of hydrogen-bond donors (Lipinski definition) is 1. The van der Waals surface area contributed by atoms with Crippen molar-refractivity contribution in [1.29, 1.82) is 0 Å². The van der Waals surface area contributed by atoms with E-state index < -0.39 is 0 Å². The van der Waals surface area contributed by atoms with Gasteiger partial charge in [0, 0.05) is 39.4 Å². The van der Waals surface area contributed by atoms with Crippen LogP contribution in [0.5, 0.6) is 0 Å². The molecule has 0 saturated carbocycles. The van der Waals surface area contributed by atoms with Crippen LogP contribution in [0.15, 0.2) is 35.2 Å². The molecule has 0 aromatic carbocycles. The Kier molecular flexibility index (Phi) is 7.75. The van der Waals surface area contributed by atoms with Crippen molar-refractivity contribution < 1.29 is 18.7 Å². The van der Waals surface area contributed by atoms with E-state index in [1.807, 2.05) is 0 Å². The summed E-state index contributed by atoms with van der Waals surface area (Å²) >= 11 is 0. The third-order valence-electron chi connectivity index (χ3n) is 3.67. The topological polar surface area (TPSA) is 97.6 Å². The van der Waals surface area contributed by atoms with Crippen LogP contribution in [0.25, 0.3) is 0 Å². The lowest BCUT2D eigenvalue weighted by Crippen LogP contribution is -2.35. The molecule has 0 radical (unpaired) electrons. The fourth-order valence-corrected chi connectivity index (χ4v) is 2.28. The Morgan fingerprint density at radius 3 is 2.81 bits per heavy atom. The smallest absolute Gasteiger partial charge is 0.274 e. The van der Waals surface area contributed by atoms with Crippen LogP contribution in [0.2, 0.25) is 0 Å². The minimum absolute atomic E-state index is 0.117. The second kappa shape index (κ2) is 10.3. The lowest BCUT2D eigenvalue weighted by Gasteiger charge is -2.21. The number of amides is 2. The molecule has 8 heteroatoms. The van der Waals surface area contributed by atoms with Crippen molar-refractivity contribution in [2.75, 3.05) is 26.8 Å². The monoisotopic (exact) mass is 360 g/mol. The molecule has 8 nitrogen and oxygen atoms in total. The van der Waals surface area contributed by atoms with E-state index in [0.717, 1.165) is 12.1 Å². The molecule has 26 heavy (non-hydrogen) atoms. The van der Waals surface area contributed by atoms with Crippen LogP contribution in [-0.2, 0) is 16.1 Å². The maximum atomic E-state index is 12.7. The SMILES string of the molecule is COCCCNC(=O)CCN(Cc1ccco1)C(=O)c1cnc(C)cn1. The quantitative estimate of drug-likeness (QED) is 0.646. The molecule has 0 aliphatic carbocycles. The predicted octanol–water partition coefficient (Wildman–Crippen LogP) is 1.56. The number of nitrogens with one attached hydrogen (secondary N) is 1. The highest BCUT2D eigenvalue weighted by molar-refractivity contribution is 5.92. The number of aryl methyl sites for hydroxylation is 1. The Labute approximate surface area is 152 Å². The van der Waals surface area contributed by atoms with Gasteiger partial charge in [-0.3, -0.25) is 14.6 Å². The number of carbonyl (C=O) groups is 2. The van der Waals surface area contributed by atoms with E-state index in [1.165, 1.54) is 11.1 Å². The summed E-state index contributed by atoms with van der Waals surface area (Å²) in [5.41, 5.74) is 0.970. The predicted molar refractivity (Wildman–Crippen MR) is 94.3 cm³/mol. The molecule has 2 aromatic rings. The zero-order valence-corrected chi connectivity index (χ0v) is 15.1. The van der Waals surface area contributed by atoms with Crippen molar-refractivity contribution in [1.82, 2.24) is 20.2 Å². The lowest BCUT2D eigenvalue weighted by molar-refractivity contribution is -0.121. The van der Waals surface area contributed by atoms with Crippen LogP contribution in [0.1, 0.15) is 34.8 Å². The van der Waals surface area contributed by atoms with Crippen molar-refractivity contribution >= 4 is 11.8 Å². The molecule has 2 aromatic heterocycles. The Hall–Kier alpha value is -2.74. The van der Waals surface area contributed by atoms with Gasteiger partial charge in [0.05, 0.1) is 24.7 Å². The Bertz CT molecular complexity index is 686. The van der Waals surface area contributed by atoms with Gasteiger partial charge in [-0.2, -0.15) is 0 Å². The van der Waals surface area contributed by atoms with Crippen LogP contribution >= 0.6 is 0 Å². The van der Waals surface area contributed by atoms with Crippen LogP contribution < -0.4 is 5.32 Å². The van der Waals surface area contributed by atoms with Crippen molar-refractivity contribution in [3.05, 3.63) is 47.9 Å². The summed E-state index contributed by atoms with van der Waals surface area (Å²) in [7, 11) is 1.62. The minimum Gasteiger partial charge on any atom is -0.467 e. The van der Waals surface area contributed by atoms with E-state index in [-0.39, 0.29) is 37.0 Å². The van der Waals surface area contributed by atoms with Gasteiger partial charge in [0.25, 0.3) is 5.91 Å². The fraction of sp³-hybridized carbons (Fsp3) is 0.444. The zero-order valence-electron chi connectivity index (χ0n) is 15.1. The first-order valence-electron chi connectivity index (χ1n) is 8.46. The van der Waals surface area contributed by atoms with Crippen LogP contribution in [0.4, 0.5) is 0 Å². The molecule has 1 N–H and O–H groups in total. The summed E-state index contributed by atoms with van der Waals surface area (Å²) in [6, 6.07) is 3.54. The van der Waals surface area contributed by atoms with Gasteiger partial charge in [0.1, 0.15) is 11.5 Å². The molecule has 140 valence electrons. The number of methoxy groups -OCH3 is 1. The number of carbonyl (C=O) groups excluding carboxylic acids is 2. The number of nitrogens with zero attached hydrogens (tertiary/aromatic N) is 3. The molecule has 0 atom stereocenters. The van der Waals surface area contributed by atoms with Gasteiger partial charge in [-0.05, 0) is 25.5 Å². The second-order valence-electron chi connectivity index (χ2n) is 5.80. The number of rotatable bonds is 10. The van der Waals surface area contributed by atoms with Gasteiger partial charge in [0.2, 0.25) is 5.91 Å². The van der Waals surface area contributed by atoms with Gasteiger partial charge in [0.15, 0.2) is 0 Å². The van der Waals surface area contributed by atoms with Gasteiger partial charge < -0.3 is 19.4 Å². The first kappa shape index (κ1) is 19.6. The average Bonchev–Trinajstić information content (AvgIpc) is 3.15. The first-order valence-corrected chi connectivity index (χ1v) is 8.46. The Balaban J connectivity index is 1.96. The molecule has 0 spiro atoms. The highest BCUT2D eigenvalue weighted by Crippen LogP contribution is 2.10. The largest absolute Gasteiger partial charge is 0.467 e. The van der Waals surface area contributed by atoms with Crippen molar-refractivity contribution in [3.63, 3.8) is 0 Å². The molecule has 0 unspecified atom stereocenters. The molecule has 2 heterocycles. The minimum atomic E-state index is -0.291. The van der Waals surface area contributed by atoms with E-state index >= 15 is 0 Å². The summed E-state index contributed by atoms with van der Waals surface area (Å²) in [5.74, 6) is 0.230. The maximum absolute atomic E-state index is 12.7. The number of ether oxygens (including phenoxy) is 1. The van der Waals surface area contributed by atoms with Crippen LogP contribution in [0, 0.1) is 6.92 Å². The molecule has 0 saturated heterocycles. The van der Waals surface area contributed by atoms with Crippen molar-refractivity contribution in [2.45, 2.75) is 26.3 Å². The number of furan rings is 1. The third kappa shape index (κ3) is 6.29. The zero-order chi connectivity index (χ0) is 18.8. The van der Waals surface area contributed by atoms with Gasteiger partial charge in [-0.15, -0.1) is 0 Å². The third-order valence-corrected chi connectivity index (χ3v) is 3.67. The van der Waals surface area contributed by atoms with E-state index in [4.69, 9.17) is 9.15 Å². The van der Waals surface area contributed by atoms with E-state index in [0.29, 0.717) is 18.9 Å². The van der Waals surface area contributed by atoms with Crippen LogP contribution in [-0.4, -0.2) is 53.5 Å². The molecule has 2 amide bonds. The van der Waals surface area contributed by atoms with Gasteiger partial charge >= 0.3 is 0 Å². The number of hydrogen-bond acceptors (Lipinski definition) is 6. The van der Waals surface area contributed by atoms with E-state index in [1.54, 1.807) is 38.6 Å². The Morgan fingerprint density at radius 1 is 1.31 bits per heavy atom. The first-order chi connectivity index (χ1) is 12.6. The summed E-state index contributed by atoms with van der Waals surface area (Å²) in [5, 5.41) is 2.81. The van der Waals surface area contributed by atoms with Crippen LogP contribution in [0.3, 0.4) is 0 Å². The molecular weight excluding hydrogens is 336 g/mol. The second-order valence-corrected chi connectivity index (χ2v) is 5.80. The molecule has 0 aliphatic rings. The van der Waals surface area contributed by atoms with Gasteiger partial charge in [-0.1, -0.05) is 0 Å². The number of aromatic nitrogens is 2. The molecule has 0 aliphatic heterocycles.